The Morgan fingerprint density at radius 1 is 1.32 bits per heavy atom. The number of hydrogen-bond acceptors (Lipinski definition) is 5. The number of carbonyl (C=O) groups is 3. The minimum Gasteiger partial charge on any atom is -0.461 e. The minimum absolute atomic E-state index is 0.134. The van der Waals surface area contributed by atoms with Crippen LogP contribution in [0, 0.1) is 6.92 Å². The molecule has 1 aliphatic rings. The summed E-state index contributed by atoms with van der Waals surface area (Å²) in [5.74, 6) is -1.32. The topological polar surface area (TPSA) is 81.7 Å². The lowest BCUT2D eigenvalue weighted by Crippen LogP contribution is -2.31. The number of alkyl carbamates (subject to hydrolysis) is 1. The molecule has 1 fully saturated rings. The van der Waals surface area contributed by atoms with Gasteiger partial charge in [0.25, 0.3) is 0 Å². The molecule has 1 heterocycles. The van der Waals surface area contributed by atoms with Gasteiger partial charge in [-0.05, 0) is 12.5 Å². The molecule has 0 radical (unpaired) electrons. The molecule has 1 aromatic rings. The van der Waals surface area contributed by atoms with E-state index in [0.717, 1.165) is 11.1 Å². The van der Waals surface area contributed by atoms with Gasteiger partial charge in [-0.2, -0.15) is 0 Å². The van der Waals surface area contributed by atoms with Gasteiger partial charge in [-0.15, -0.1) is 0 Å². The maximum absolute atomic E-state index is 11.5. The van der Waals surface area contributed by atoms with E-state index < -0.39 is 24.1 Å². The predicted molar refractivity (Wildman–Crippen MR) is 64.0 cm³/mol. The molecule has 19 heavy (non-hydrogen) atoms. The summed E-state index contributed by atoms with van der Waals surface area (Å²) in [7, 11) is 0. The van der Waals surface area contributed by atoms with Gasteiger partial charge < -0.3 is 14.8 Å². The number of amides is 1. The summed E-state index contributed by atoms with van der Waals surface area (Å²) in [6, 6.07) is 6.59. The molecule has 0 aliphatic carbocycles. The van der Waals surface area contributed by atoms with Crippen molar-refractivity contribution >= 4 is 18.0 Å². The van der Waals surface area contributed by atoms with Crippen LogP contribution in [0.4, 0.5) is 4.79 Å². The average Bonchev–Trinajstić information content (AvgIpc) is 2.67. The van der Waals surface area contributed by atoms with Crippen LogP contribution in [0.5, 0.6) is 0 Å². The Labute approximate surface area is 109 Å². The molecule has 0 aromatic heterocycles. The SMILES string of the molecule is Cc1ccc(COC(=O)C[C@@H]2NC(=O)OC2=O)cc1. The van der Waals surface area contributed by atoms with Crippen LogP contribution < -0.4 is 5.32 Å². The van der Waals surface area contributed by atoms with Crippen LogP contribution in [0.25, 0.3) is 0 Å². The molecule has 0 unspecified atom stereocenters. The van der Waals surface area contributed by atoms with E-state index in [1.807, 2.05) is 31.2 Å². The number of hydrogen-bond donors (Lipinski definition) is 1. The zero-order chi connectivity index (χ0) is 13.8. The Bertz CT molecular complexity index is 508. The third kappa shape index (κ3) is 3.54. The molecular weight excluding hydrogens is 250 g/mol. The van der Waals surface area contributed by atoms with Crippen molar-refractivity contribution in [3.8, 4) is 0 Å². The van der Waals surface area contributed by atoms with Crippen molar-refractivity contribution in [3.05, 3.63) is 35.4 Å². The van der Waals surface area contributed by atoms with Crippen LogP contribution >= 0.6 is 0 Å². The lowest BCUT2D eigenvalue weighted by Gasteiger charge is -2.07. The van der Waals surface area contributed by atoms with Gasteiger partial charge in [0.1, 0.15) is 12.6 Å². The van der Waals surface area contributed by atoms with Crippen molar-refractivity contribution in [2.24, 2.45) is 0 Å². The number of cyclic esters (lactones) is 2. The van der Waals surface area contributed by atoms with Crippen LogP contribution in [0.1, 0.15) is 17.5 Å². The normalized spacial score (nSPS) is 17.8. The third-order valence-electron chi connectivity index (χ3n) is 2.66. The quantitative estimate of drug-likeness (QED) is 0.649. The highest BCUT2D eigenvalue weighted by atomic mass is 16.6. The van der Waals surface area contributed by atoms with E-state index >= 15 is 0 Å². The second-order valence-electron chi connectivity index (χ2n) is 4.26. The third-order valence-corrected chi connectivity index (χ3v) is 2.66. The fourth-order valence-corrected chi connectivity index (χ4v) is 1.60. The van der Waals surface area contributed by atoms with Gasteiger partial charge >= 0.3 is 18.0 Å². The molecule has 0 bridgehead atoms. The minimum atomic E-state index is -0.946. The number of esters is 2. The Morgan fingerprint density at radius 2 is 2.00 bits per heavy atom. The Kier molecular flexibility index (Phi) is 3.79. The summed E-state index contributed by atoms with van der Waals surface area (Å²) in [4.78, 5) is 33.4. The number of benzene rings is 1. The summed E-state index contributed by atoms with van der Waals surface area (Å²) in [5.41, 5.74) is 1.98. The van der Waals surface area contributed by atoms with E-state index in [-0.39, 0.29) is 13.0 Å². The number of ether oxygens (including phenoxy) is 2. The van der Waals surface area contributed by atoms with Crippen LogP contribution in [-0.2, 0) is 25.7 Å². The van der Waals surface area contributed by atoms with Gasteiger partial charge in [-0.1, -0.05) is 29.8 Å². The van der Waals surface area contributed by atoms with E-state index in [0.29, 0.717) is 0 Å². The fraction of sp³-hybridized carbons (Fsp3) is 0.308. The molecule has 1 saturated heterocycles. The van der Waals surface area contributed by atoms with Gasteiger partial charge in [0.15, 0.2) is 0 Å². The van der Waals surface area contributed by atoms with Crippen LogP contribution in [-0.4, -0.2) is 24.1 Å². The monoisotopic (exact) mass is 263 g/mol. The second-order valence-corrected chi connectivity index (χ2v) is 4.26. The molecule has 1 N–H and O–H groups in total. The van der Waals surface area contributed by atoms with Gasteiger partial charge in [-0.25, -0.2) is 9.59 Å². The van der Waals surface area contributed by atoms with Crippen molar-refractivity contribution in [1.29, 1.82) is 0 Å². The van der Waals surface area contributed by atoms with Crippen molar-refractivity contribution < 1.29 is 23.9 Å². The molecule has 6 heteroatoms. The lowest BCUT2D eigenvalue weighted by molar-refractivity contribution is -0.148. The first-order valence-corrected chi connectivity index (χ1v) is 5.78. The van der Waals surface area contributed by atoms with Crippen molar-refractivity contribution in [1.82, 2.24) is 5.32 Å². The molecule has 1 aromatic carbocycles. The maximum atomic E-state index is 11.5. The summed E-state index contributed by atoms with van der Waals surface area (Å²) in [6.45, 7) is 2.10. The molecular formula is C13H13NO5. The van der Waals surface area contributed by atoms with Gasteiger partial charge in [-0.3, -0.25) is 4.79 Å². The van der Waals surface area contributed by atoms with Crippen LogP contribution in [0.2, 0.25) is 0 Å². The van der Waals surface area contributed by atoms with Crippen LogP contribution in [0.15, 0.2) is 24.3 Å². The summed E-state index contributed by atoms with van der Waals surface area (Å²) in [5, 5.41) is 2.23. The van der Waals surface area contributed by atoms with Gasteiger partial charge in [0.05, 0.1) is 6.42 Å². The zero-order valence-corrected chi connectivity index (χ0v) is 10.3. The zero-order valence-electron chi connectivity index (χ0n) is 10.3. The van der Waals surface area contributed by atoms with E-state index in [9.17, 15) is 14.4 Å². The number of aryl methyl sites for hydroxylation is 1. The largest absolute Gasteiger partial charge is 0.461 e. The Hall–Kier alpha value is -2.37. The average molecular weight is 263 g/mol. The second kappa shape index (κ2) is 5.51. The van der Waals surface area contributed by atoms with E-state index in [1.54, 1.807) is 0 Å². The molecule has 1 aliphatic heterocycles. The first-order valence-electron chi connectivity index (χ1n) is 5.78. The summed E-state index contributed by atoms with van der Waals surface area (Å²) < 4.78 is 9.27. The molecule has 0 spiro atoms. The molecule has 1 atom stereocenters. The summed E-state index contributed by atoms with van der Waals surface area (Å²) >= 11 is 0. The number of rotatable bonds is 4. The Morgan fingerprint density at radius 3 is 2.58 bits per heavy atom. The molecule has 6 nitrogen and oxygen atoms in total. The highest BCUT2D eigenvalue weighted by molar-refractivity contribution is 5.97. The van der Waals surface area contributed by atoms with Gasteiger partial charge in [0.2, 0.25) is 0 Å². The number of carbonyl (C=O) groups excluding carboxylic acids is 3. The standard InChI is InChI=1S/C13H13NO5/c1-8-2-4-9(5-3-8)7-18-11(15)6-10-12(16)19-13(17)14-10/h2-5,10H,6-7H2,1H3,(H,14,17)/t10-/m0/s1. The molecule has 1 amide bonds. The molecule has 0 saturated carbocycles. The van der Waals surface area contributed by atoms with Crippen molar-refractivity contribution in [2.45, 2.75) is 26.0 Å². The van der Waals surface area contributed by atoms with Crippen molar-refractivity contribution in [3.63, 3.8) is 0 Å². The lowest BCUT2D eigenvalue weighted by atomic mass is 10.2. The maximum Gasteiger partial charge on any atom is 0.415 e. The predicted octanol–water partition coefficient (Wildman–Crippen LogP) is 1.06. The summed E-state index contributed by atoms with van der Waals surface area (Å²) in [6.07, 6.45) is -1.06. The highest BCUT2D eigenvalue weighted by Crippen LogP contribution is 2.08. The van der Waals surface area contributed by atoms with E-state index in [2.05, 4.69) is 10.1 Å². The highest BCUT2D eigenvalue weighted by Gasteiger charge is 2.34. The van der Waals surface area contributed by atoms with Crippen LogP contribution in [0.3, 0.4) is 0 Å². The van der Waals surface area contributed by atoms with Crippen molar-refractivity contribution in [2.75, 3.05) is 0 Å². The first-order chi connectivity index (χ1) is 9.04. The van der Waals surface area contributed by atoms with Gasteiger partial charge in [0, 0.05) is 0 Å². The molecule has 100 valence electrons. The first kappa shape index (κ1) is 13.1. The smallest absolute Gasteiger partial charge is 0.415 e. The Balaban J connectivity index is 1.80. The number of nitrogens with one attached hydrogen (secondary N) is 1. The van der Waals surface area contributed by atoms with E-state index in [1.165, 1.54) is 0 Å². The molecule has 2 rings (SSSR count). The van der Waals surface area contributed by atoms with E-state index in [4.69, 9.17) is 4.74 Å². The fourth-order valence-electron chi connectivity index (χ4n) is 1.60.